The van der Waals surface area contributed by atoms with Crippen molar-refractivity contribution >= 4 is 34.9 Å². The van der Waals surface area contributed by atoms with Gasteiger partial charge in [-0.05, 0) is 6.07 Å². The smallest absolute Gasteiger partial charge is 0.398 e. The Morgan fingerprint density at radius 1 is 1.58 bits per heavy atom. The molecule has 11 heteroatoms. The lowest BCUT2D eigenvalue weighted by Crippen LogP contribution is -2.31. The third kappa shape index (κ3) is 3.27. The number of nitrogens with one attached hydrogen (secondary N) is 1. The van der Waals surface area contributed by atoms with E-state index < -0.39 is 4.92 Å². The van der Waals surface area contributed by atoms with E-state index in [4.69, 9.17) is 10.3 Å². The molecule has 2 aromatic rings. The van der Waals surface area contributed by atoms with Crippen molar-refractivity contribution in [2.45, 2.75) is 4.34 Å². The highest BCUT2D eigenvalue weighted by Crippen LogP contribution is 2.31. The van der Waals surface area contributed by atoms with Crippen LogP contribution in [0.25, 0.3) is 10.8 Å². The van der Waals surface area contributed by atoms with Crippen LogP contribution in [0, 0.1) is 10.1 Å². The van der Waals surface area contributed by atoms with Crippen molar-refractivity contribution in [3.05, 3.63) is 22.2 Å². The number of thioether (sulfide) groups is 1. The summed E-state index contributed by atoms with van der Waals surface area (Å²) in [6.45, 7) is 0. The molecule has 0 spiro atoms. The Kier molecular flexibility index (Phi) is 4.09. The Bertz CT molecular complexity index is 610. The molecule has 100 valence electrons. The summed E-state index contributed by atoms with van der Waals surface area (Å²) >= 11 is 2.33. The second kappa shape index (κ2) is 5.77. The first kappa shape index (κ1) is 13.5. The highest BCUT2D eigenvalue weighted by molar-refractivity contribution is 8.01. The summed E-state index contributed by atoms with van der Waals surface area (Å²) in [5.41, 5.74) is 1.99. The van der Waals surface area contributed by atoms with E-state index >= 15 is 0 Å². The lowest BCUT2D eigenvalue weighted by atomic mass is 10.5. The van der Waals surface area contributed by atoms with Gasteiger partial charge < -0.3 is 4.42 Å². The number of amides is 1. The number of furan rings is 1. The molecule has 3 N–H and O–H groups in total. The average molecular weight is 301 g/mol. The fraction of sp³-hybridized carbons (Fsp3) is 0.125. The van der Waals surface area contributed by atoms with Crippen LogP contribution in [0.4, 0.5) is 5.88 Å². The minimum absolute atomic E-state index is 0.115. The third-order valence-electron chi connectivity index (χ3n) is 1.88. The van der Waals surface area contributed by atoms with E-state index in [1.54, 1.807) is 0 Å². The third-order valence-corrected chi connectivity index (χ3v) is 3.95. The first-order valence-electron chi connectivity index (χ1n) is 4.80. The summed E-state index contributed by atoms with van der Waals surface area (Å²) < 4.78 is 5.53. The van der Waals surface area contributed by atoms with Gasteiger partial charge in [0.25, 0.3) is 0 Å². The van der Waals surface area contributed by atoms with Crippen molar-refractivity contribution in [2.24, 2.45) is 5.84 Å². The van der Waals surface area contributed by atoms with E-state index in [-0.39, 0.29) is 23.3 Å². The number of carbonyl (C=O) groups excluding carboxylic acids is 1. The van der Waals surface area contributed by atoms with Gasteiger partial charge in [0.2, 0.25) is 5.91 Å². The van der Waals surface area contributed by atoms with Crippen molar-refractivity contribution in [2.75, 3.05) is 5.75 Å². The van der Waals surface area contributed by atoms with Crippen LogP contribution in [0.3, 0.4) is 0 Å². The predicted octanol–water partition coefficient (Wildman–Crippen LogP) is 0.788. The second-order valence-corrected chi connectivity index (χ2v) is 5.32. The molecule has 0 radical (unpaired) electrons. The molecule has 19 heavy (non-hydrogen) atoms. The minimum Gasteiger partial charge on any atom is -0.398 e. The molecule has 2 rings (SSSR count). The van der Waals surface area contributed by atoms with Crippen LogP contribution in [-0.2, 0) is 4.79 Å². The standard InChI is InChI=1S/C8H7N5O4S2/c9-10-5(14)3-18-8-12-11-7(19-8)4-1-2-6(17-4)13(15)16/h1-2H,3,9H2,(H,10,14). The first-order valence-corrected chi connectivity index (χ1v) is 6.60. The summed E-state index contributed by atoms with van der Waals surface area (Å²) in [5, 5.41) is 18.6. The molecule has 0 aliphatic carbocycles. The van der Waals surface area contributed by atoms with Gasteiger partial charge >= 0.3 is 5.88 Å². The topological polar surface area (TPSA) is 137 Å². The van der Waals surface area contributed by atoms with E-state index in [1.165, 1.54) is 23.5 Å². The molecule has 0 unspecified atom stereocenters. The summed E-state index contributed by atoms with van der Waals surface area (Å²) in [5.74, 6) is 4.62. The molecule has 0 aliphatic heterocycles. The summed E-state index contributed by atoms with van der Waals surface area (Å²) in [6.07, 6.45) is 0. The van der Waals surface area contributed by atoms with Crippen LogP contribution < -0.4 is 11.3 Å². The molecule has 2 aromatic heterocycles. The van der Waals surface area contributed by atoms with Gasteiger partial charge in [0.05, 0.1) is 11.8 Å². The molecule has 1 amide bonds. The second-order valence-electron chi connectivity index (χ2n) is 3.12. The number of hydrogen-bond donors (Lipinski definition) is 2. The molecule has 9 nitrogen and oxygen atoms in total. The molecule has 0 saturated carbocycles. The fourth-order valence-corrected chi connectivity index (χ4v) is 2.70. The number of nitrogens with two attached hydrogens (primary N) is 1. The van der Waals surface area contributed by atoms with Crippen LogP contribution >= 0.6 is 23.1 Å². The number of nitro groups is 1. The van der Waals surface area contributed by atoms with Gasteiger partial charge in [0.15, 0.2) is 15.1 Å². The zero-order chi connectivity index (χ0) is 13.8. The molecule has 2 heterocycles. The van der Waals surface area contributed by atoms with Gasteiger partial charge in [-0.3, -0.25) is 20.3 Å². The maximum atomic E-state index is 10.9. The van der Waals surface area contributed by atoms with E-state index in [2.05, 4.69) is 10.2 Å². The number of hydrogen-bond acceptors (Lipinski definition) is 9. The number of hydrazine groups is 1. The maximum Gasteiger partial charge on any atom is 0.433 e. The Hall–Kier alpha value is -1.98. The number of carbonyl (C=O) groups is 1. The van der Waals surface area contributed by atoms with E-state index in [1.807, 2.05) is 5.43 Å². The Labute approximate surface area is 114 Å². The van der Waals surface area contributed by atoms with Crippen LogP contribution in [0.1, 0.15) is 0 Å². The van der Waals surface area contributed by atoms with E-state index in [9.17, 15) is 14.9 Å². The first-order chi connectivity index (χ1) is 9.10. The molecule has 0 bridgehead atoms. The quantitative estimate of drug-likeness (QED) is 0.272. The highest BCUT2D eigenvalue weighted by Gasteiger charge is 2.16. The predicted molar refractivity (Wildman–Crippen MR) is 67.3 cm³/mol. The summed E-state index contributed by atoms with van der Waals surface area (Å²) in [6, 6.07) is 2.69. The zero-order valence-electron chi connectivity index (χ0n) is 9.23. The Morgan fingerprint density at radius 2 is 2.37 bits per heavy atom. The van der Waals surface area contributed by atoms with Crippen molar-refractivity contribution in [1.82, 2.24) is 15.6 Å². The Balaban J connectivity index is 2.07. The van der Waals surface area contributed by atoms with Crippen LogP contribution in [0.15, 0.2) is 20.9 Å². The number of nitrogens with zero attached hydrogens (tertiary/aromatic N) is 3. The fourth-order valence-electron chi connectivity index (χ4n) is 1.08. The van der Waals surface area contributed by atoms with E-state index in [0.29, 0.717) is 9.35 Å². The van der Waals surface area contributed by atoms with Crippen LogP contribution in [-0.4, -0.2) is 26.8 Å². The number of rotatable bonds is 5. The van der Waals surface area contributed by atoms with Gasteiger partial charge in [-0.2, -0.15) is 0 Å². The normalized spacial score (nSPS) is 10.4. The zero-order valence-corrected chi connectivity index (χ0v) is 10.9. The van der Waals surface area contributed by atoms with Crippen LogP contribution in [0.2, 0.25) is 0 Å². The minimum atomic E-state index is -0.633. The Morgan fingerprint density at radius 3 is 3.00 bits per heavy atom. The van der Waals surface area contributed by atoms with Crippen molar-refractivity contribution in [1.29, 1.82) is 0 Å². The molecule has 0 saturated heterocycles. The van der Waals surface area contributed by atoms with Gasteiger partial charge in [0, 0.05) is 0 Å². The average Bonchev–Trinajstić information content (AvgIpc) is 3.04. The maximum absolute atomic E-state index is 10.9. The molecular weight excluding hydrogens is 294 g/mol. The van der Waals surface area contributed by atoms with Crippen molar-refractivity contribution < 1.29 is 14.1 Å². The lowest BCUT2D eigenvalue weighted by Gasteiger charge is -1.94. The molecule has 0 aliphatic rings. The highest BCUT2D eigenvalue weighted by atomic mass is 32.2. The summed E-state index contributed by atoms with van der Waals surface area (Å²) in [7, 11) is 0. The SMILES string of the molecule is NNC(=O)CSc1nnc(-c2ccc([N+](=O)[O-])o2)s1. The van der Waals surface area contributed by atoms with Gasteiger partial charge in [-0.15, -0.1) is 10.2 Å². The summed E-state index contributed by atoms with van der Waals surface area (Å²) in [4.78, 5) is 20.8. The van der Waals surface area contributed by atoms with Gasteiger partial charge in [-0.1, -0.05) is 23.1 Å². The molecular formula is C8H7N5O4S2. The largest absolute Gasteiger partial charge is 0.433 e. The van der Waals surface area contributed by atoms with Gasteiger partial charge in [0.1, 0.15) is 4.92 Å². The molecule has 0 atom stereocenters. The van der Waals surface area contributed by atoms with E-state index in [0.717, 1.165) is 11.8 Å². The monoisotopic (exact) mass is 301 g/mol. The van der Waals surface area contributed by atoms with Crippen LogP contribution in [0.5, 0.6) is 0 Å². The van der Waals surface area contributed by atoms with Crippen molar-refractivity contribution in [3.63, 3.8) is 0 Å². The number of aromatic nitrogens is 2. The van der Waals surface area contributed by atoms with Crippen molar-refractivity contribution in [3.8, 4) is 10.8 Å². The molecule has 0 aromatic carbocycles. The van der Waals surface area contributed by atoms with Gasteiger partial charge in [-0.25, -0.2) is 5.84 Å². The lowest BCUT2D eigenvalue weighted by molar-refractivity contribution is -0.401. The molecule has 0 fully saturated rings.